The Kier molecular flexibility index (Phi) is 6.46. The second kappa shape index (κ2) is 9.86. The van der Waals surface area contributed by atoms with Gasteiger partial charge in [0.15, 0.2) is 0 Å². The van der Waals surface area contributed by atoms with Crippen LogP contribution in [0.3, 0.4) is 0 Å². The third-order valence-corrected chi connectivity index (χ3v) is 6.35. The number of fused-ring (bicyclic) bond motifs is 2. The SMILES string of the molecule is CC#CC(=O)Nc1cccc2c1cc(C)n2-c1nc2c(c(NCc3cccc(B(O)O)c3)n1)CCC2. The van der Waals surface area contributed by atoms with Crippen LogP contribution < -0.4 is 16.1 Å². The van der Waals surface area contributed by atoms with Gasteiger partial charge in [0.25, 0.3) is 5.91 Å². The molecule has 0 fully saturated rings. The van der Waals surface area contributed by atoms with Crippen molar-refractivity contribution < 1.29 is 14.8 Å². The normalized spacial score (nSPS) is 12.1. The summed E-state index contributed by atoms with van der Waals surface area (Å²) in [5, 5.41) is 26.2. The van der Waals surface area contributed by atoms with E-state index in [1.54, 1.807) is 25.1 Å². The van der Waals surface area contributed by atoms with Crippen molar-refractivity contribution >= 4 is 40.9 Å². The van der Waals surface area contributed by atoms with Crippen LogP contribution in [-0.4, -0.2) is 37.6 Å². The molecule has 8 nitrogen and oxygen atoms in total. The molecular formula is C27H26BN5O3. The summed E-state index contributed by atoms with van der Waals surface area (Å²) in [6.07, 6.45) is 2.82. The molecule has 2 aromatic carbocycles. The molecule has 4 aromatic rings. The zero-order chi connectivity index (χ0) is 25.2. The Hall–Kier alpha value is -4.13. The number of hydrogen-bond donors (Lipinski definition) is 4. The Balaban J connectivity index is 1.52. The lowest BCUT2D eigenvalue weighted by Gasteiger charge is -2.15. The molecule has 1 aliphatic rings. The summed E-state index contributed by atoms with van der Waals surface area (Å²) in [5.41, 5.74) is 6.05. The first kappa shape index (κ1) is 23.6. The van der Waals surface area contributed by atoms with Gasteiger partial charge in [0, 0.05) is 23.2 Å². The highest BCUT2D eigenvalue weighted by molar-refractivity contribution is 6.58. The largest absolute Gasteiger partial charge is 0.488 e. The first-order chi connectivity index (χ1) is 17.4. The topological polar surface area (TPSA) is 112 Å². The number of anilines is 2. The van der Waals surface area contributed by atoms with E-state index < -0.39 is 7.12 Å². The van der Waals surface area contributed by atoms with Gasteiger partial charge in [-0.1, -0.05) is 36.3 Å². The first-order valence-corrected chi connectivity index (χ1v) is 11.9. The van der Waals surface area contributed by atoms with Crippen LogP contribution in [0.2, 0.25) is 0 Å². The van der Waals surface area contributed by atoms with Gasteiger partial charge in [-0.2, -0.15) is 4.98 Å². The van der Waals surface area contributed by atoms with Crippen LogP contribution in [0.4, 0.5) is 11.5 Å². The van der Waals surface area contributed by atoms with Gasteiger partial charge in [-0.25, -0.2) is 4.98 Å². The Morgan fingerprint density at radius 1 is 1.14 bits per heavy atom. The van der Waals surface area contributed by atoms with Crippen molar-refractivity contribution in [1.82, 2.24) is 14.5 Å². The van der Waals surface area contributed by atoms with Gasteiger partial charge in [-0.3, -0.25) is 9.36 Å². The number of amides is 1. The van der Waals surface area contributed by atoms with E-state index in [4.69, 9.17) is 9.97 Å². The van der Waals surface area contributed by atoms with Gasteiger partial charge < -0.3 is 20.7 Å². The lowest BCUT2D eigenvalue weighted by molar-refractivity contribution is -0.111. The molecule has 1 amide bonds. The van der Waals surface area contributed by atoms with E-state index in [1.807, 2.05) is 41.8 Å². The minimum Gasteiger partial charge on any atom is -0.423 e. The van der Waals surface area contributed by atoms with Crippen LogP contribution in [0.1, 0.15) is 35.9 Å². The Morgan fingerprint density at radius 2 is 1.97 bits per heavy atom. The summed E-state index contributed by atoms with van der Waals surface area (Å²) in [6, 6.07) is 14.9. The maximum absolute atomic E-state index is 12.1. The van der Waals surface area contributed by atoms with E-state index in [1.165, 1.54) is 0 Å². The highest BCUT2D eigenvalue weighted by atomic mass is 16.4. The standard InChI is InChI=1S/C27H26BN5O3/c1-3-7-25(34)30-23-12-6-13-24-21(23)14-17(2)33(24)27-31-22-11-5-10-20(22)26(32-27)29-16-18-8-4-9-19(15-18)28(35)36/h4,6,8-9,12-15,35-36H,5,10-11,16H2,1-2H3,(H,30,34)(H,29,31,32). The lowest BCUT2D eigenvalue weighted by Crippen LogP contribution is -2.30. The second-order valence-electron chi connectivity index (χ2n) is 8.81. The molecule has 0 aliphatic heterocycles. The predicted molar refractivity (Wildman–Crippen MR) is 141 cm³/mol. The molecule has 0 unspecified atom stereocenters. The molecule has 2 heterocycles. The van der Waals surface area contributed by atoms with Crippen LogP contribution in [0.25, 0.3) is 16.9 Å². The van der Waals surface area contributed by atoms with Crippen LogP contribution >= 0.6 is 0 Å². The maximum atomic E-state index is 12.1. The Morgan fingerprint density at radius 3 is 2.78 bits per heavy atom. The van der Waals surface area contributed by atoms with Crippen molar-refractivity contribution in [2.75, 3.05) is 10.6 Å². The fraction of sp³-hybridized carbons (Fsp3) is 0.222. The van der Waals surface area contributed by atoms with Gasteiger partial charge in [-0.05, 0) is 68.3 Å². The number of aryl methyl sites for hydroxylation is 2. The van der Waals surface area contributed by atoms with Crippen LogP contribution in [-0.2, 0) is 24.2 Å². The molecule has 2 aromatic heterocycles. The summed E-state index contributed by atoms with van der Waals surface area (Å²) < 4.78 is 2.00. The predicted octanol–water partition coefficient (Wildman–Crippen LogP) is 2.47. The molecule has 0 radical (unpaired) electrons. The number of hydrogen-bond acceptors (Lipinski definition) is 6. The number of carbonyl (C=O) groups excluding carboxylic acids is 1. The molecule has 0 saturated heterocycles. The van der Waals surface area contributed by atoms with Crippen LogP contribution in [0.15, 0.2) is 48.5 Å². The van der Waals surface area contributed by atoms with Gasteiger partial charge in [0.1, 0.15) is 5.82 Å². The molecule has 36 heavy (non-hydrogen) atoms. The number of benzene rings is 2. The van der Waals surface area contributed by atoms with Gasteiger partial charge >= 0.3 is 7.12 Å². The number of rotatable bonds is 6. The van der Waals surface area contributed by atoms with E-state index in [9.17, 15) is 14.8 Å². The molecule has 0 atom stereocenters. The van der Waals surface area contributed by atoms with Gasteiger partial charge in [-0.15, -0.1) is 0 Å². The average molecular weight is 479 g/mol. The Labute approximate surface area is 209 Å². The van der Waals surface area contributed by atoms with Gasteiger partial charge in [0.2, 0.25) is 5.95 Å². The van der Waals surface area contributed by atoms with E-state index in [-0.39, 0.29) is 5.91 Å². The number of carbonyl (C=O) groups is 1. The molecular weight excluding hydrogens is 453 g/mol. The smallest absolute Gasteiger partial charge is 0.423 e. The van der Waals surface area contributed by atoms with Crippen LogP contribution in [0, 0.1) is 18.8 Å². The second-order valence-corrected chi connectivity index (χ2v) is 8.81. The highest BCUT2D eigenvalue weighted by Gasteiger charge is 2.22. The number of aromatic nitrogens is 3. The van der Waals surface area contributed by atoms with Crippen molar-refractivity contribution in [1.29, 1.82) is 0 Å². The fourth-order valence-electron chi connectivity index (χ4n) is 4.72. The van der Waals surface area contributed by atoms with E-state index >= 15 is 0 Å². The average Bonchev–Trinajstić information content (AvgIpc) is 3.47. The molecule has 0 spiro atoms. The molecule has 9 heteroatoms. The summed E-state index contributed by atoms with van der Waals surface area (Å²) >= 11 is 0. The molecule has 0 bridgehead atoms. The van der Waals surface area contributed by atoms with E-state index in [2.05, 4.69) is 22.5 Å². The number of nitrogens with zero attached hydrogens (tertiary/aromatic N) is 3. The van der Waals surface area contributed by atoms with E-state index in [0.717, 1.165) is 58.5 Å². The van der Waals surface area contributed by atoms with Crippen molar-refractivity contribution in [3.8, 4) is 17.8 Å². The van der Waals surface area contributed by atoms with Crippen molar-refractivity contribution in [2.45, 2.75) is 39.7 Å². The van der Waals surface area contributed by atoms with Crippen molar-refractivity contribution in [3.63, 3.8) is 0 Å². The molecule has 4 N–H and O–H groups in total. The highest BCUT2D eigenvalue weighted by Crippen LogP contribution is 2.32. The zero-order valence-electron chi connectivity index (χ0n) is 20.2. The Bertz CT molecular complexity index is 1530. The van der Waals surface area contributed by atoms with E-state index in [0.29, 0.717) is 23.6 Å². The maximum Gasteiger partial charge on any atom is 0.488 e. The summed E-state index contributed by atoms with van der Waals surface area (Å²) in [7, 11) is -1.51. The molecule has 1 aliphatic carbocycles. The van der Waals surface area contributed by atoms with Crippen LogP contribution in [0.5, 0.6) is 0 Å². The molecule has 0 saturated carbocycles. The van der Waals surface area contributed by atoms with Crippen molar-refractivity contribution in [2.24, 2.45) is 0 Å². The minimum absolute atomic E-state index is 0.353. The summed E-state index contributed by atoms with van der Waals surface area (Å²) in [4.78, 5) is 21.9. The molecule has 5 rings (SSSR count). The lowest BCUT2D eigenvalue weighted by atomic mass is 9.79. The summed E-state index contributed by atoms with van der Waals surface area (Å²) in [6.45, 7) is 4.11. The zero-order valence-corrected chi connectivity index (χ0v) is 20.2. The fourth-order valence-corrected chi connectivity index (χ4v) is 4.72. The van der Waals surface area contributed by atoms with Crippen molar-refractivity contribution in [3.05, 3.63) is 71.0 Å². The third-order valence-electron chi connectivity index (χ3n) is 6.35. The molecule has 180 valence electrons. The quantitative estimate of drug-likeness (QED) is 0.250. The van der Waals surface area contributed by atoms with Gasteiger partial charge in [0.05, 0.1) is 16.9 Å². The first-order valence-electron chi connectivity index (χ1n) is 11.9. The minimum atomic E-state index is -1.51. The third kappa shape index (κ3) is 4.56. The summed E-state index contributed by atoms with van der Waals surface area (Å²) in [5.74, 6) is 6.14. The number of nitrogens with one attached hydrogen (secondary N) is 2. The monoisotopic (exact) mass is 479 g/mol.